The van der Waals surface area contributed by atoms with Gasteiger partial charge < -0.3 is 10.2 Å². The number of carbonyl (C=O) groups is 2. The van der Waals surface area contributed by atoms with Gasteiger partial charge in [0.2, 0.25) is 5.91 Å². The zero-order chi connectivity index (χ0) is 16.6. The summed E-state index contributed by atoms with van der Waals surface area (Å²) in [6, 6.07) is 4.05. The van der Waals surface area contributed by atoms with Gasteiger partial charge in [-0.1, -0.05) is 0 Å². The van der Waals surface area contributed by atoms with Gasteiger partial charge >= 0.3 is 0 Å². The molecular weight excluding hydrogens is 312 g/mol. The van der Waals surface area contributed by atoms with Crippen LogP contribution >= 0.6 is 11.3 Å². The second-order valence-electron chi connectivity index (χ2n) is 5.91. The van der Waals surface area contributed by atoms with Crippen LogP contribution in [0.4, 0.5) is 5.69 Å². The molecule has 2 aromatic heterocycles. The van der Waals surface area contributed by atoms with E-state index >= 15 is 0 Å². The highest BCUT2D eigenvalue weighted by Gasteiger charge is 2.30. The first-order valence-corrected chi connectivity index (χ1v) is 8.51. The van der Waals surface area contributed by atoms with Crippen LogP contribution in [0.5, 0.6) is 0 Å². The van der Waals surface area contributed by atoms with E-state index in [1.807, 2.05) is 28.8 Å². The van der Waals surface area contributed by atoms with Crippen molar-refractivity contribution in [1.82, 2.24) is 14.7 Å². The first kappa shape index (κ1) is 15.7. The minimum atomic E-state index is -0.167. The summed E-state index contributed by atoms with van der Waals surface area (Å²) in [7, 11) is 0. The predicted octanol–water partition coefficient (Wildman–Crippen LogP) is 2.61. The van der Waals surface area contributed by atoms with Crippen LogP contribution in [0.1, 0.15) is 40.4 Å². The highest BCUT2D eigenvalue weighted by molar-refractivity contribution is 7.12. The van der Waals surface area contributed by atoms with Crippen molar-refractivity contribution in [3.63, 3.8) is 0 Å². The largest absolute Gasteiger partial charge is 0.336 e. The number of carbonyl (C=O) groups excluding carboxylic acids is 2. The number of nitrogens with zero attached hydrogens (tertiary/aromatic N) is 3. The van der Waals surface area contributed by atoms with Gasteiger partial charge in [-0.25, -0.2) is 0 Å². The van der Waals surface area contributed by atoms with Crippen LogP contribution in [-0.2, 0) is 4.79 Å². The van der Waals surface area contributed by atoms with Crippen molar-refractivity contribution >= 4 is 28.8 Å². The minimum absolute atomic E-state index is 0.0206. The summed E-state index contributed by atoms with van der Waals surface area (Å²) in [5, 5.41) is 9.08. The number of aromatic nitrogens is 2. The van der Waals surface area contributed by atoms with E-state index in [9.17, 15) is 9.59 Å². The number of thiophene rings is 1. The Morgan fingerprint density at radius 2 is 2.17 bits per heavy atom. The molecule has 1 saturated heterocycles. The molecule has 0 spiro atoms. The van der Waals surface area contributed by atoms with E-state index in [1.165, 1.54) is 18.3 Å². The lowest BCUT2D eigenvalue weighted by Gasteiger charge is -2.17. The SMILES string of the molecule is CC(=O)Nc1ccsc1C(=O)N1CC[C@@H](n2nc(C)cc2C)C1. The monoisotopic (exact) mass is 332 g/mol. The van der Waals surface area contributed by atoms with Crippen LogP contribution in [0.2, 0.25) is 0 Å². The third-order valence-corrected chi connectivity index (χ3v) is 4.91. The molecule has 0 radical (unpaired) electrons. The normalized spacial score (nSPS) is 17.5. The molecule has 1 fully saturated rings. The Labute approximate surface area is 139 Å². The summed E-state index contributed by atoms with van der Waals surface area (Å²) < 4.78 is 2.02. The maximum Gasteiger partial charge on any atom is 0.266 e. The number of amides is 2. The molecule has 1 aliphatic heterocycles. The zero-order valence-electron chi connectivity index (χ0n) is 13.5. The van der Waals surface area contributed by atoms with Crippen LogP contribution in [-0.4, -0.2) is 39.6 Å². The van der Waals surface area contributed by atoms with E-state index < -0.39 is 0 Å². The Balaban J connectivity index is 1.74. The van der Waals surface area contributed by atoms with Crippen LogP contribution in [0, 0.1) is 13.8 Å². The zero-order valence-corrected chi connectivity index (χ0v) is 14.3. The molecule has 0 aliphatic carbocycles. The molecule has 3 heterocycles. The van der Waals surface area contributed by atoms with Crippen LogP contribution < -0.4 is 5.32 Å². The Morgan fingerprint density at radius 3 is 2.83 bits per heavy atom. The molecule has 3 rings (SSSR count). The lowest BCUT2D eigenvalue weighted by Crippen LogP contribution is -2.29. The number of hydrogen-bond acceptors (Lipinski definition) is 4. The van der Waals surface area contributed by atoms with Gasteiger partial charge in [-0.05, 0) is 37.8 Å². The summed E-state index contributed by atoms with van der Waals surface area (Å²) in [5.41, 5.74) is 2.72. The van der Waals surface area contributed by atoms with Gasteiger partial charge in [-0.3, -0.25) is 14.3 Å². The van der Waals surface area contributed by atoms with Gasteiger partial charge in [0, 0.05) is 25.7 Å². The first-order valence-electron chi connectivity index (χ1n) is 7.63. The van der Waals surface area contributed by atoms with E-state index in [2.05, 4.69) is 16.5 Å². The molecule has 0 aromatic carbocycles. The Bertz CT molecular complexity index is 749. The van der Waals surface area contributed by atoms with Gasteiger partial charge in [-0.2, -0.15) is 5.10 Å². The number of anilines is 1. The third-order valence-electron chi connectivity index (χ3n) is 4.01. The maximum absolute atomic E-state index is 12.7. The van der Waals surface area contributed by atoms with Gasteiger partial charge in [0.05, 0.1) is 17.4 Å². The van der Waals surface area contributed by atoms with Crippen molar-refractivity contribution in [3.05, 3.63) is 33.8 Å². The molecule has 2 amide bonds. The average molecular weight is 332 g/mol. The molecule has 122 valence electrons. The van der Waals surface area contributed by atoms with Crippen molar-refractivity contribution in [1.29, 1.82) is 0 Å². The van der Waals surface area contributed by atoms with Gasteiger partial charge in [0.25, 0.3) is 5.91 Å². The fourth-order valence-corrected chi connectivity index (χ4v) is 3.86. The molecular formula is C16H20N4O2S. The number of likely N-dealkylation sites (tertiary alicyclic amines) is 1. The molecule has 0 bridgehead atoms. The van der Waals surface area contributed by atoms with E-state index in [0.717, 1.165) is 17.8 Å². The van der Waals surface area contributed by atoms with E-state index in [1.54, 1.807) is 6.07 Å². The van der Waals surface area contributed by atoms with E-state index in [-0.39, 0.29) is 17.9 Å². The lowest BCUT2D eigenvalue weighted by atomic mass is 10.2. The highest BCUT2D eigenvalue weighted by Crippen LogP contribution is 2.29. The summed E-state index contributed by atoms with van der Waals surface area (Å²) in [5.74, 6) is -0.188. The van der Waals surface area contributed by atoms with Crippen molar-refractivity contribution < 1.29 is 9.59 Å². The van der Waals surface area contributed by atoms with Crippen molar-refractivity contribution in [3.8, 4) is 0 Å². The second-order valence-corrected chi connectivity index (χ2v) is 6.83. The molecule has 0 unspecified atom stereocenters. The Kier molecular flexibility index (Phi) is 4.21. The van der Waals surface area contributed by atoms with Gasteiger partial charge in [0.15, 0.2) is 0 Å². The van der Waals surface area contributed by atoms with Crippen molar-refractivity contribution in [2.75, 3.05) is 18.4 Å². The van der Waals surface area contributed by atoms with Crippen LogP contribution in [0.3, 0.4) is 0 Å². The lowest BCUT2D eigenvalue weighted by molar-refractivity contribution is -0.114. The molecule has 23 heavy (non-hydrogen) atoms. The molecule has 1 N–H and O–H groups in total. The third kappa shape index (κ3) is 3.14. The number of rotatable bonds is 3. The number of nitrogens with one attached hydrogen (secondary N) is 1. The average Bonchev–Trinajstić information content (AvgIpc) is 3.17. The quantitative estimate of drug-likeness (QED) is 0.939. The number of aryl methyl sites for hydroxylation is 2. The molecule has 0 saturated carbocycles. The second kappa shape index (κ2) is 6.16. The minimum Gasteiger partial charge on any atom is -0.336 e. The summed E-state index contributed by atoms with van der Waals surface area (Å²) in [4.78, 5) is 26.4. The van der Waals surface area contributed by atoms with Crippen LogP contribution in [0.25, 0.3) is 0 Å². The Morgan fingerprint density at radius 1 is 1.39 bits per heavy atom. The fourth-order valence-electron chi connectivity index (χ4n) is 3.05. The Hall–Kier alpha value is -2.15. The van der Waals surface area contributed by atoms with Gasteiger partial charge in [-0.15, -0.1) is 11.3 Å². The smallest absolute Gasteiger partial charge is 0.266 e. The van der Waals surface area contributed by atoms with Crippen molar-refractivity contribution in [2.45, 2.75) is 33.2 Å². The standard InChI is InChI=1S/C16H20N4O2S/c1-10-8-11(2)20(18-10)13-4-6-19(9-13)16(22)15-14(5-7-23-15)17-12(3)21/h5,7-8,13H,4,6,9H2,1-3H3,(H,17,21)/t13-/m1/s1. The fraction of sp³-hybridized carbons (Fsp3) is 0.438. The molecule has 1 aliphatic rings. The highest BCUT2D eigenvalue weighted by atomic mass is 32.1. The predicted molar refractivity (Wildman–Crippen MR) is 89.9 cm³/mol. The summed E-state index contributed by atoms with van der Waals surface area (Å²) in [6.07, 6.45) is 0.897. The summed E-state index contributed by atoms with van der Waals surface area (Å²) in [6.45, 7) is 6.82. The van der Waals surface area contributed by atoms with Crippen molar-refractivity contribution in [2.24, 2.45) is 0 Å². The first-order chi connectivity index (χ1) is 11.0. The molecule has 7 heteroatoms. The van der Waals surface area contributed by atoms with E-state index in [4.69, 9.17) is 0 Å². The van der Waals surface area contributed by atoms with Gasteiger partial charge in [0.1, 0.15) is 4.88 Å². The maximum atomic E-state index is 12.7. The topological polar surface area (TPSA) is 67.2 Å². The molecule has 1 atom stereocenters. The number of hydrogen-bond donors (Lipinski definition) is 1. The molecule has 6 nitrogen and oxygen atoms in total. The van der Waals surface area contributed by atoms with E-state index in [0.29, 0.717) is 23.7 Å². The van der Waals surface area contributed by atoms with Crippen LogP contribution in [0.15, 0.2) is 17.5 Å². The summed E-state index contributed by atoms with van der Waals surface area (Å²) >= 11 is 1.36. The molecule has 2 aromatic rings.